The van der Waals surface area contributed by atoms with Crippen LogP contribution in [0.5, 0.6) is 5.75 Å². The van der Waals surface area contributed by atoms with Gasteiger partial charge in [0.2, 0.25) is 5.91 Å². The monoisotopic (exact) mass is 467 g/mol. The Morgan fingerprint density at radius 2 is 2.03 bits per heavy atom. The lowest BCUT2D eigenvalue weighted by atomic mass is 9.87. The molecule has 0 saturated heterocycles. The molecule has 34 heavy (non-hydrogen) atoms. The molecule has 2 heterocycles. The summed E-state index contributed by atoms with van der Waals surface area (Å²) in [5, 5.41) is 11.6. The number of methoxy groups -OCH3 is 1. The van der Waals surface area contributed by atoms with Crippen LogP contribution < -0.4 is 4.74 Å². The molecule has 0 saturated carbocycles. The zero-order valence-corrected chi connectivity index (χ0v) is 20.4. The number of carbonyl (C=O) groups excluding carboxylic acids is 1. The molecule has 0 radical (unpaired) electrons. The molecular formula is C27H34FN3O3. The van der Waals surface area contributed by atoms with Crippen molar-refractivity contribution in [1.82, 2.24) is 14.4 Å². The van der Waals surface area contributed by atoms with E-state index in [4.69, 9.17) is 4.74 Å². The molecule has 1 aromatic heterocycles. The third kappa shape index (κ3) is 4.42. The maximum Gasteiger partial charge on any atom is 0.222 e. The second-order valence-corrected chi connectivity index (χ2v) is 9.18. The summed E-state index contributed by atoms with van der Waals surface area (Å²) in [6.07, 6.45) is 1.32. The van der Waals surface area contributed by atoms with Crippen molar-refractivity contribution in [2.24, 2.45) is 7.05 Å². The average molecular weight is 468 g/mol. The van der Waals surface area contributed by atoms with Gasteiger partial charge in [-0.3, -0.25) is 9.69 Å². The zero-order valence-electron chi connectivity index (χ0n) is 20.4. The number of aryl methyl sites for hydroxylation is 1. The number of hydrogen-bond donors (Lipinski definition) is 1. The molecule has 6 nitrogen and oxygen atoms in total. The molecule has 0 bridgehead atoms. The highest BCUT2D eigenvalue weighted by Crippen LogP contribution is 2.43. The van der Waals surface area contributed by atoms with Crippen molar-refractivity contribution in [3.63, 3.8) is 0 Å². The van der Waals surface area contributed by atoms with Crippen LogP contribution in [0.2, 0.25) is 0 Å². The zero-order chi connectivity index (χ0) is 24.4. The molecule has 2 aromatic carbocycles. The molecule has 0 spiro atoms. The molecule has 2 unspecified atom stereocenters. The van der Waals surface area contributed by atoms with Crippen LogP contribution in [0.25, 0.3) is 10.9 Å². The fourth-order valence-electron chi connectivity index (χ4n) is 5.31. The van der Waals surface area contributed by atoms with E-state index in [1.54, 1.807) is 24.1 Å². The van der Waals surface area contributed by atoms with Gasteiger partial charge in [-0.1, -0.05) is 25.1 Å². The predicted molar refractivity (Wildman–Crippen MR) is 131 cm³/mol. The number of halogens is 1. The first-order valence-corrected chi connectivity index (χ1v) is 11.9. The smallest absolute Gasteiger partial charge is 0.222 e. The van der Waals surface area contributed by atoms with Crippen LogP contribution in [0.4, 0.5) is 4.39 Å². The maximum atomic E-state index is 14.5. The average Bonchev–Trinajstić information content (AvgIpc) is 3.13. The third-order valence-corrected chi connectivity index (χ3v) is 7.00. The normalized spacial score (nSPS) is 18.2. The van der Waals surface area contributed by atoms with Crippen molar-refractivity contribution in [3.05, 3.63) is 65.1 Å². The lowest BCUT2D eigenvalue weighted by Gasteiger charge is -2.41. The number of aliphatic hydroxyl groups excluding tert-OH is 1. The van der Waals surface area contributed by atoms with E-state index in [9.17, 15) is 14.3 Å². The fraction of sp³-hybridized carbons (Fsp3) is 0.444. The highest BCUT2D eigenvalue weighted by Gasteiger charge is 2.38. The molecule has 4 rings (SSSR count). The quantitative estimate of drug-likeness (QED) is 0.539. The number of rotatable bonds is 8. The van der Waals surface area contributed by atoms with Gasteiger partial charge in [-0.05, 0) is 30.2 Å². The highest BCUT2D eigenvalue weighted by molar-refractivity contribution is 5.88. The van der Waals surface area contributed by atoms with Crippen molar-refractivity contribution in [2.75, 3.05) is 33.9 Å². The number of aromatic nitrogens is 1. The molecule has 1 aliphatic heterocycles. The van der Waals surface area contributed by atoms with Crippen molar-refractivity contribution < 1.29 is 19.0 Å². The number of nitrogens with zero attached hydrogens (tertiary/aromatic N) is 3. The molecule has 2 atom stereocenters. The molecule has 7 heteroatoms. The predicted octanol–water partition coefficient (Wildman–Crippen LogP) is 4.22. The SMILES string of the molecule is CCCC(=O)N(C)CC1CN(Cc2ccccc2F)C(CO)c2c1c1ccc(OC)cc1n2C. The molecule has 3 aromatic rings. The van der Waals surface area contributed by atoms with Crippen LogP contribution in [0, 0.1) is 5.82 Å². The summed E-state index contributed by atoms with van der Waals surface area (Å²) in [7, 11) is 5.50. The van der Waals surface area contributed by atoms with Crippen LogP contribution in [0.1, 0.15) is 48.5 Å². The van der Waals surface area contributed by atoms with Gasteiger partial charge in [0.15, 0.2) is 0 Å². The Hall–Kier alpha value is -2.90. The summed E-state index contributed by atoms with van der Waals surface area (Å²) >= 11 is 0. The number of likely N-dealkylation sites (N-methyl/N-ethyl adjacent to an activating group) is 1. The van der Waals surface area contributed by atoms with E-state index in [2.05, 4.69) is 15.5 Å². The Bertz CT molecular complexity index is 1180. The van der Waals surface area contributed by atoms with Gasteiger partial charge >= 0.3 is 0 Å². The number of ether oxygens (including phenoxy) is 1. The third-order valence-electron chi connectivity index (χ3n) is 7.00. The van der Waals surface area contributed by atoms with Crippen LogP contribution in [-0.2, 0) is 18.4 Å². The lowest BCUT2D eigenvalue weighted by molar-refractivity contribution is -0.130. The fourth-order valence-corrected chi connectivity index (χ4v) is 5.31. The van der Waals surface area contributed by atoms with Crippen molar-refractivity contribution in [3.8, 4) is 5.75 Å². The van der Waals surface area contributed by atoms with Crippen molar-refractivity contribution in [2.45, 2.75) is 38.3 Å². The molecule has 1 amide bonds. The summed E-state index contributed by atoms with van der Waals surface area (Å²) in [6.45, 7) is 3.47. The number of carbonyl (C=O) groups is 1. The van der Waals surface area contributed by atoms with Gasteiger partial charge in [0, 0.05) is 68.8 Å². The molecular weight excluding hydrogens is 433 g/mol. The van der Waals surface area contributed by atoms with Gasteiger partial charge in [0.25, 0.3) is 0 Å². The highest BCUT2D eigenvalue weighted by atomic mass is 19.1. The minimum atomic E-state index is -0.286. The van der Waals surface area contributed by atoms with E-state index in [-0.39, 0.29) is 30.3 Å². The minimum Gasteiger partial charge on any atom is -0.497 e. The number of hydrogen-bond acceptors (Lipinski definition) is 4. The maximum absolute atomic E-state index is 14.5. The second kappa shape index (κ2) is 10.2. The molecule has 0 aliphatic carbocycles. The van der Waals surface area contributed by atoms with Crippen LogP contribution in [-0.4, -0.2) is 59.2 Å². The van der Waals surface area contributed by atoms with Crippen LogP contribution in [0.15, 0.2) is 42.5 Å². The van der Waals surface area contributed by atoms with E-state index in [1.807, 2.05) is 39.2 Å². The second-order valence-electron chi connectivity index (χ2n) is 9.18. The Balaban J connectivity index is 1.81. The van der Waals surface area contributed by atoms with Gasteiger partial charge < -0.3 is 19.3 Å². The minimum absolute atomic E-state index is 0.0208. The molecule has 0 fully saturated rings. The Kier molecular flexibility index (Phi) is 7.24. The van der Waals surface area contributed by atoms with Gasteiger partial charge in [0.05, 0.1) is 25.3 Å². The van der Waals surface area contributed by atoms with Crippen molar-refractivity contribution >= 4 is 16.8 Å². The number of amides is 1. The molecule has 1 aliphatic rings. The van der Waals surface area contributed by atoms with E-state index in [1.165, 1.54) is 6.07 Å². The first-order chi connectivity index (χ1) is 16.4. The van der Waals surface area contributed by atoms with E-state index in [0.29, 0.717) is 31.6 Å². The lowest BCUT2D eigenvalue weighted by Crippen LogP contribution is -2.43. The van der Waals surface area contributed by atoms with E-state index < -0.39 is 0 Å². The van der Waals surface area contributed by atoms with Crippen molar-refractivity contribution in [1.29, 1.82) is 0 Å². The Morgan fingerprint density at radius 1 is 1.26 bits per heavy atom. The number of aliphatic hydroxyl groups is 1. The molecule has 182 valence electrons. The molecule has 1 N–H and O–H groups in total. The van der Waals surface area contributed by atoms with Gasteiger partial charge in [0.1, 0.15) is 11.6 Å². The topological polar surface area (TPSA) is 57.9 Å². The van der Waals surface area contributed by atoms with E-state index >= 15 is 0 Å². The Labute approximate surface area is 200 Å². The van der Waals surface area contributed by atoms with E-state index in [0.717, 1.165) is 34.3 Å². The van der Waals surface area contributed by atoms with Gasteiger partial charge in [-0.2, -0.15) is 0 Å². The number of fused-ring (bicyclic) bond motifs is 3. The van der Waals surface area contributed by atoms with Gasteiger partial charge in [-0.15, -0.1) is 0 Å². The van der Waals surface area contributed by atoms with Crippen LogP contribution in [0.3, 0.4) is 0 Å². The van der Waals surface area contributed by atoms with Gasteiger partial charge in [-0.25, -0.2) is 4.39 Å². The standard InChI is InChI=1S/C27H34FN3O3/c1-5-8-25(33)29(2)14-19-16-31(15-18-9-6-7-10-22(18)28)24(17-32)27-26(19)21-12-11-20(34-4)13-23(21)30(27)3/h6-7,9-13,19,24,32H,5,8,14-17H2,1-4H3. The summed E-state index contributed by atoms with van der Waals surface area (Å²) in [4.78, 5) is 16.6. The first kappa shape index (κ1) is 24.2. The summed E-state index contributed by atoms with van der Waals surface area (Å²) in [6, 6.07) is 12.5. The summed E-state index contributed by atoms with van der Waals surface area (Å²) in [5.74, 6) is 0.655. The first-order valence-electron chi connectivity index (χ1n) is 11.9. The van der Waals surface area contributed by atoms with Crippen LogP contribution >= 0.6 is 0 Å². The number of benzene rings is 2. The summed E-state index contributed by atoms with van der Waals surface area (Å²) in [5.41, 5.74) is 3.77. The Morgan fingerprint density at radius 3 is 2.71 bits per heavy atom. The largest absolute Gasteiger partial charge is 0.497 e. The summed E-state index contributed by atoms with van der Waals surface area (Å²) < 4.78 is 22.1.